The number of allylic oxidation sites excluding steroid dienone is 3. The Hall–Kier alpha value is -0.240. The van der Waals surface area contributed by atoms with Crippen molar-refractivity contribution < 1.29 is 4.74 Å². The van der Waals surface area contributed by atoms with Crippen LogP contribution < -0.4 is 0 Å². The van der Waals surface area contributed by atoms with Crippen LogP contribution in [0.1, 0.15) is 13.3 Å². The average Bonchev–Trinajstić information content (AvgIpc) is 1.64. The molecule has 1 heterocycles. The van der Waals surface area contributed by atoms with Gasteiger partial charge < -0.3 is 4.74 Å². The Morgan fingerprint density at radius 2 is 2.38 bits per heavy atom. The molecule has 1 nitrogen and oxygen atoms in total. The Labute approximate surface area is 57.2 Å². The van der Waals surface area contributed by atoms with Crippen LogP contribution in [0.15, 0.2) is 22.6 Å². The molecule has 0 radical (unpaired) electrons. The van der Waals surface area contributed by atoms with Crippen LogP contribution in [0, 0.1) is 0 Å². The van der Waals surface area contributed by atoms with E-state index in [9.17, 15) is 0 Å². The van der Waals surface area contributed by atoms with Gasteiger partial charge in [0, 0.05) is 0 Å². The lowest BCUT2D eigenvalue weighted by Gasteiger charge is -2.07. The fraction of sp³-hybridized carbons (Fsp3) is 0.333. The molecule has 0 saturated carbocycles. The van der Waals surface area contributed by atoms with Crippen molar-refractivity contribution in [3.8, 4) is 0 Å². The lowest BCUT2D eigenvalue weighted by atomic mass is 10.3. The summed E-state index contributed by atoms with van der Waals surface area (Å²) in [5.74, 6) is 0.972. The molecule has 0 bridgehead atoms. The van der Waals surface area contributed by atoms with Crippen molar-refractivity contribution in [1.82, 2.24) is 0 Å². The largest absolute Gasteiger partial charge is 0.455 e. The van der Waals surface area contributed by atoms with E-state index < -0.39 is 0 Å². The third-order valence-corrected chi connectivity index (χ3v) is 1.43. The van der Waals surface area contributed by atoms with Crippen LogP contribution in [0.3, 0.4) is 0 Å². The highest BCUT2D eigenvalue weighted by Crippen LogP contribution is 2.18. The van der Waals surface area contributed by atoms with Crippen molar-refractivity contribution in [3.63, 3.8) is 0 Å². The molecule has 0 aromatic carbocycles. The lowest BCUT2D eigenvalue weighted by Crippen LogP contribution is -1.87. The minimum absolute atomic E-state index is 0.831. The molecule has 0 aromatic rings. The van der Waals surface area contributed by atoms with Gasteiger partial charge in [0.05, 0.1) is 5.76 Å². The maximum absolute atomic E-state index is 5.12. The SMILES string of the molecule is CC1=CCC=C(Br)O1. The number of hydrogen-bond acceptors (Lipinski definition) is 1. The molecule has 44 valence electrons. The van der Waals surface area contributed by atoms with Gasteiger partial charge in [-0.15, -0.1) is 0 Å². The van der Waals surface area contributed by atoms with Crippen molar-refractivity contribution in [1.29, 1.82) is 0 Å². The van der Waals surface area contributed by atoms with Crippen LogP contribution in [-0.2, 0) is 4.74 Å². The van der Waals surface area contributed by atoms with Crippen molar-refractivity contribution in [2.24, 2.45) is 0 Å². The van der Waals surface area contributed by atoms with Crippen LogP contribution in [0.5, 0.6) is 0 Å². The summed E-state index contributed by atoms with van der Waals surface area (Å²) in [5, 5.41) is 0. The topological polar surface area (TPSA) is 9.23 Å². The van der Waals surface area contributed by atoms with E-state index in [0.717, 1.165) is 16.8 Å². The summed E-state index contributed by atoms with van der Waals surface area (Å²) in [6.45, 7) is 1.94. The maximum Gasteiger partial charge on any atom is 0.165 e. The summed E-state index contributed by atoms with van der Waals surface area (Å²) in [6, 6.07) is 0. The second-order valence-electron chi connectivity index (χ2n) is 1.66. The number of hydrogen-bond donors (Lipinski definition) is 0. The molecule has 0 spiro atoms. The minimum atomic E-state index is 0.831. The van der Waals surface area contributed by atoms with Gasteiger partial charge in [-0.2, -0.15) is 0 Å². The zero-order valence-electron chi connectivity index (χ0n) is 4.65. The summed E-state index contributed by atoms with van der Waals surface area (Å²) in [4.78, 5) is 0. The van der Waals surface area contributed by atoms with E-state index in [1.165, 1.54) is 0 Å². The standard InChI is InChI=1S/C6H7BrO/c1-5-3-2-4-6(7)8-5/h3-4H,2H2,1H3. The maximum atomic E-state index is 5.12. The molecule has 8 heavy (non-hydrogen) atoms. The summed E-state index contributed by atoms with van der Waals surface area (Å²) >= 11 is 3.23. The summed E-state index contributed by atoms with van der Waals surface area (Å²) in [6.07, 6.45) is 4.99. The van der Waals surface area contributed by atoms with E-state index in [1.54, 1.807) is 0 Å². The molecule has 1 rings (SSSR count). The molecule has 2 heteroatoms. The molecule has 0 atom stereocenters. The van der Waals surface area contributed by atoms with Crippen LogP contribution >= 0.6 is 15.9 Å². The van der Waals surface area contributed by atoms with Gasteiger partial charge in [-0.1, -0.05) is 0 Å². The normalized spacial score (nSPS) is 18.8. The van der Waals surface area contributed by atoms with Gasteiger partial charge in [0.2, 0.25) is 0 Å². The molecular formula is C6H7BrO. The predicted octanol–water partition coefficient (Wildman–Crippen LogP) is 2.55. The van der Waals surface area contributed by atoms with Crippen LogP contribution in [-0.4, -0.2) is 0 Å². The van der Waals surface area contributed by atoms with Crippen molar-refractivity contribution >= 4 is 15.9 Å². The van der Waals surface area contributed by atoms with Gasteiger partial charge in [-0.05, 0) is 41.4 Å². The summed E-state index contributed by atoms with van der Waals surface area (Å²) in [5.41, 5.74) is 0. The Morgan fingerprint density at radius 1 is 1.62 bits per heavy atom. The molecule has 0 amide bonds. The predicted molar refractivity (Wildman–Crippen MR) is 36.5 cm³/mol. The van der Waals surface area contributed by atoms with Crippen molar-refractivity contribution in [2.45, 2.75) is 13.3 Å². The summed E-state index contributed by atoms with van der Waals surface area (Å²) in [7, 11) is 0. The first-order valence-electron chi connectivity index (χ1n) is 2.49. The monoisotopic (exact) mass is 174 g/mol. The van der Waals surface area contributed by atoms with Crippen LogP contribution in [0.2, 0.25) is 0 Å². The highest BCUT2D eigenvalue weighted by molar-refractivity contribution is 9.11. The van der Waals surface area contributed by atoms with Crippen molar-refractivity contribution in [3.05, 3.63) is 22.6 Å². The van der Waals surface area contributed by atoms with Gasteiger partial charge in [0.1, 0.15) is 0 Å². The smallest absolute Gasteiger partial charge is 0.165 e. The second-order valence-corrected chi connectivity index (χ2v) is 2.44. The molecule has 0 aliphatic carbocycles. The quantitative estimate of drug-likeness (QED) is 0.549. The van der Waals surface area contributed by atoms with Gasteiger partial charge in [0.25, 0.3) is 0 Å². The fourth-order valence-electron chi connectivity index (χ4n) is 0.555. The average molecular weight is 175 g/mol. The zero-order valence-corrected chi connectivity index (χ0v) is 6.23. The van der Waals surface area contributed by atoms with E-state index in [-0.39, 0.29) is 0 Å². The number of rotatable bonds is 0. The van der Waals surface area contributed by atoms with Crippen LogP contribution in [0.4, 0.5) is 0 Å². The Morgan fingerprint density at radius 3 is 2.75 bits per heavy atom. The highest BCUT2D eigenvalue weighted by Gasteiger charge is 1.97. The molecular weight excluding hydrogens is 168 g/mol. The van der Waals surface area contributed by atoms with E-state index in [4.69, 9.17) is 4.74 Å². The van der Waals surface area contributed by atoms with Crippen molar-refractivity contribution in [2.75, 3.05) is 0 Å². The van der Waals surface area contributed by atoms with E-state index in [0.29, 0.717) is 0 Å². The zero-order chi connectivity index (χ0) is 5.98. The first-order chi connectivity index (χ1) is 3.79. The van der Waals surface area contributed by atoms with Gasteiger partial charge in [-0.3, -0.25) is 0 Å². The molecule has 1 aliphatic rings. The first kappa shape index (κ1) is 5.89. The van der Waals surface area contributed by atoms with Gasteiger partial charge >= 0.3 is 0 Å². The number of halogens is 1. The van der Waals surface area contributed by atoms with E-state index in [1.807, 2.05) is 19.1 Å². The van der Waals surface area contributed by atoms with Gasteiger partial charge in [-0.25, -0.2) is 0 Å². The lowest BCUT2D eigenvalue weighted by molar-refractivity contribution is 0.334. The molecule has 0 unspecified atom stereocenters. The van der Waals surface area contributed by atoms with Gasteiger partial charge in [0.15, 0.2) is 4.67 Å². The summed E-state index contributed by atoms with van der Waals surface area (Å²) < 4.78 is 5.96. The molecule has 0 N–H and O–H groups in total. The minimum Gasteiger partial charge on any atom is -0.455 e. The Balaban J connectivity index is 2.57. The molecule has 0 saturated heterocycles. The highest BCUT2D eigenvalue weighted by atomic mass is 79.9. The Kier molecular flexibility index (Phi) is 1.73. The fourth-order valence-corrected chi connectivity index (χ4v) is 0.997. The third-order valence-electron chi connectivity index (χ3n) is 0.942. The first-order valence-corrected chi connectivity index (χ1v) is 3.28. The molecule has 1 aliphatic heterocycles. The molecule has 0 fully saturated rings. The Bertz CT molecular complexity index is 131. The van der Waals surface area contributed by atoms with E-state index in [2.05, 4.69) is 15.9 Å². The molecule has 0 aromatic heterocycles. The second kappa shape index (κ2) is 2.35. The number of ether oxygens (including phenoxy) is 1. The third kappa shape index (κ3) is 1.37. The van der Waals surface area contributed by atoms with E-state index >= 15 is 0 Å². The van der Waals surface area contributed by atoms with Crippen LogP contribution in [0.25, 0.3) is 0 Å².